The topological polar surface area (TPSA) is 73.8 Å². The third-order valence-electron chi connectivity index (χ3n) is 5.41. The molecule has 2 aliphatic rings. The molecule has 1 aromatic rings. The minimum Gasteiger partial charge on any atom is -0.356 e. The number of halogens is 2. The molecule has 0 radical (unpaired) electrons. The summed E-state index contributed by atoms with van der Waals surface area (Å²) in [6, 6.07) is 6.91. The Morgan fingerprint density at radius 3 is 2.57 bits per heavy atom. The number of benzene rings is 1. The van der Waals surface area contributed by atoms with Gasteiger partial charge < -0.3 is 10.6 Å². The van der Waals surface area contributed by atoms with Crippen LogP contribution in [0.2, 0.25) is 0 Å². The van der Waals surface area contributed by atoms with Crippen LogP contribution in [0.1, 0.15) is 24.8 Å². The van der Waals surface area contributed by atoms with Gasteiger partial charge in [0.15, 0.2) is 15.8 Å². The van der Waals surface area contributed by atoms with E-state index in [2.05, 4.69) is 20.5 Å². The van der Waals surface area contributed by atoms with Gasteiger partial charge in [-0.2, -0.15) is 0 Å². The van der Waals surface area contributed by atoms with E-state index in [1.54, 1.807) is 13.1 Å². The van der Waals surface area contributed by atoms with Crippen LogP contribution in [0, 0.1) is 11.7 Å². The van der Waals surface area contributed by atoms with Crippen molar-refractivity contribution in [2.75, 3.05) is 38.2 Å². The summed E-state index contributed by atoms with van der Waals surface area (Å²) in [4.78, 5) is 6.51. The van der Waals surface area contributed by atoms with E-state index in [-0.39, 0.29) is 47.3 Å². The summed E-state index contributed by atoms with van der Waals surface area (Å²) in [7, 11) is -1.19. The number of likely N-dealkylation sites (tertiary alicyclic amines) is 1. The van der Waals surface area contributed by atoms with Gasteiger partial charge in [-0.15, -0.1) is 24.0 Å². The van der Waals surface area contributed by atoms with Gasteiger partial charge in [0.1, 0.15) is 5.82 Å². The molecular formula is C19H30FIN4O2S. The lowest BCUT2D eigenvalue weighted by Crippen LogP contribution is -2.46. The van der Waals surface area contributed by atoms with Gasteiger partial charge in [-0.05, 0) is 44.3 Å². The molecule has 0 aliphatic carbocycles. The smallest absolute Gasteiger partial charge is 0.191 e. The largest absolute Gasteiger partial charge is 0.356 e. The second-order valence-electron chi connectivity index (χ2n) is 7.51. The third kappa shape index (κ3) is 6.84. The molecule has 0 bridgehead atoms. The summed E-state index contributed by atoms with van der Waals surface area (Å²) in [5.41, 5.74) is 0.755. The number of nitrogens with one attached hydrogen (secondary N) is 2. The Balaban J connectivity index is 0.00000280. The van der Waals surface area contributed by atoms with Crippen LogP contribution in [-0.4, -0.2) is 63.5 Å². The van der Waals surface area contributed by atoms with Gasteiger partial charge in [-0.3, -0.25) is 9.89 Å². The van der Waals surface area contributed by atoms with Crippen molar-refractivity contribution < 1.29 is 12.8 Å². The Bertz CT molecular complexity index is 767. The third-order valence-corrected chi connectivity index (χ3v) is 7.18. The number of nitrogens with zero attached hydrogens (tertiary/aromatic N) is 2. The van der Waals surface area contributed by atoms with Crippen molar-refractivity contribution in [1.29, 1.82) is 0 Å². The van der Waals surface area contributed by atoms with Gasteiger partial charge in [-0.25, -0.2) is 12.8 Å². The monoisotopic (exact) mass is 524 g/mol. The van der Waals surface area contributed by atoms with Crippen molar-refractivity contribution in [1.82, 2.24) is 15.5 Å². The molecule has 0 spiro atoms. The van der Waals surface area contributed by atoms with Crippen molar-refractivity contribution >= 4 is 39.8 Å². The van der Waals surface area contributed by atoms with Crippen molar-refractivity contribution in [3.63, 3.8) is 0 Å². The maximum absolute atomic E-state index is 13.8. The molecule has 1 unspecified atom stereocenters. The Morgan fingerprint density at radius 2 is 1.96 bits per heavy atom. The average molecular weight is 524 g/mol. The summed E-state index contributed by atoms with van der Waals surface area (Å²) >= 11 is 0. The number of hydrogen-bond donors (Lipinski definition) is 2. The second-order valence-corrected chi connectivity index (χ2v) is 9.74. The maximum Gasteiger partial charge on any atom is 0.191 e. The van der Waals surface area contributed by atoms with Crippen molar-refractivity contribution in [3.8, 4) is 0 Å². The van der Waals surface area contributed by atoms with Crippen LogP contribution in [0.4, 0.5) is 4.39 Å². The molecule has 2 saturated heterocycles. The first-order valence-corrected chi connectivity index (χ1v) is 11.4. The molecule has 1 aromatic carbocycles. The number of guanidine groups is 1. The van der Waals surface area contributed by atoms with E-state index in [9.17, 15) is 12.8 Å². The highest BCUT2D eigenvalue weighted by Crippen LogP contribution is 2.19. The SMILES string of the molecule is CN=C(NCC1CCN(Cc2ccccc2F)CC1)NC1CCS(=O)(=O)C1.I. The summed E-state index contributed by atoms with van der Waals surface area (Å²) in [6.07, 6.45) is 2.74. The van der Waals surface area contributed by atoms with Crippen LogP contribution in [0.25, 0.3) is 0 Å². The number of rotatable bonds is 5. The number of hydrogen-bond acceptors (Lipinski definition) is 4. The lowest BCUT2D eigenvalue weighted by Gasteiger charge is -2.32. The van der Waals surface area contributed by atoms with Crippen LogP contribution < -0.4 is 10.6 Å². The quantitative estimate of drug-likeness (QED) is 0.351. The molecule has 0 aromatic heterocycles. The Kier molecular flexibility index (Phi) is 8.94. The maximum atomic E-state index is 13.8. The molecule has 3 rings (SSSR count). The molecule has 2 heterocycles. The Labute approximate surface area is 184 Å². The highest BCUT2D eigenvalue weighted by molar-refractivity contribution is 14.0. The standard InChI is InChI=1S/C19H29FN4O2S.HI/c1-21-19(23-17-8-11-27(25,26)14-17)22-12-15-6-9-24(10-7-15)13-16-4-2-3-5-18(16)20;/h2-5,15,17H,6-14H2,1H3,(H2,21,22,23);1H. The van der Waals surface area contributed by atoms with Crippen LogP contribution in [0.5, 0.6) is 0 Å². The highest BCUT2D eigenvalue weighted by Gasteiger charge is 2.28. The molecule has 28 heavy (non-hydrogen) atoms. The molecule has 2 aliphatic heterocycles. The summed E-state index contributed by atoms with van der Waals surface area (Å²) < 4.78 is 36.9. The normalized spacial score (nSPS) is 23.2. The van der Waals surface area contributed by atoms with Crippen molar-refractivity contribution in [2.24, 2.45) is 10.9 Å². The molecule has 9 heteroatoms. The van der Waals surface area contributed by atoms with Gasteiger partial charge in [0.25, 0.3) is 0 Å². The first kappa shape index (κ1) is 23.3. The van der Waals surface area contributed by atoms with E-state index in [1.807, 2.05) is 12.1 Å². The predicted molar refractivity (Wildman–Crippen MR) is 121 cm³/mol. The first-order valence-electron chi connectivity index (χ1n) is 9.58. The zero-order chi connectivity index (χ0) is 19.3. The first-order chi connectivity index (χ1) is 12.9. The van der Waals surface area contributed by atoms with Crippen LogP contribution >= 0.6 is 24.0 Å². The molecule has 2 N–H and O–H groups in total. The Hall–Kier alpha value is -0.940. The lowest BCUT2D eigenvalue weighted by atomic mass is 9.96. The zero-order valence-corrected chi connectivity index (χ0v) is 19.4. The second kappa shape index (κ2) is 10.7. The van der Waals surface area contributed by atoms with E-state index in [4.69, 9.17) is 0 Å². The summed E-state index contributed by atoms with van der Waals surface area (Å²) in [5, 5.41) is 6.55. The van der Waals surface area contributed by atoms with Crippen LogP contribution in [0.3, 0.4) is 0 Å². The molecule has 6 nitrogen and oxygen atoms in total. The van der Waals surface area contributed by atoms with Gasteiger partial charge in [0.05, 0.1) is 11.5 Å². The molecular weight excluding hydrogens is 494 g/mol. The molecule has 1 atom stereocenters. The fourth-order valence-electron chi connectivity index (χ4n) is 3.75. The van der Waals surface area contributed by atoms with E-state index >= 15 is 0 Å². The number of piperidine rings is 1. The lowest BCUT2D eigenvalue weighted by molar-refractivity contribution is 0.176. The predicted octanol–water partition coefficient (Wildman–Crippen LogP) is 2.01. The number of aliphatic imine (C=N–C) groups is 1. The van der Waals surface area contributed by atoms with E-state index in [0.717, 1.165) is 38.0 Å². The average Bonchev–Trinajstić information content (AvgIpc) is 3.00. The van der Waals surface area contributed by atoms with Crippen LogP contribution in [0.15, 0.2) is 29.3 Å². The van der Waals surface area contributed by atoms with Gasteiger partial charge in [-0.1, -0.05) is 18.2 Å². The van der Waals surface area contributed by atoms with Gasteiger partial charge >= 0.3 is 0 Å². The van der Waals surface area contributed by atoms with Crippen molar-refractivity contribution in [3.05, 3.63) is 35.6 Å². The summed E-state index contributed by atoms with van der Waals surface area (Å²) in [6.45, 7) is 3.38. The number of sulfone groups is 1. The molecule has 158 valence electrons. The van der Waals surface area contributed by atoms with Crippen molar-refractivity contribution in [2.45, 2.75) is 31.8 Å². The summed E-state index contributed by atoms with van der Waals surface area (Å²) in [5.74, 6) is 1.51. The molecule has 0 saturated carbocycles. The fourth-order valence-corrected chi connectivity index (χ4v) is 5.43. The van der Waals surface area contributed by atoms with E-state index < -0.39 is 9.84 Å². The van der Waals surface area contributed by atoms with Gasteiger partial charge in [0, 0.05) is 31.7 Å². The zero-order valence-electron chi connectivity index (χ0n) is 16.2. The fraction of sp³-hybridized carbons (Fsp3) is 0.632. The molecule has 0 amide bonds. The van der Waals surface area contributed by atoms with E-state index in [1.165, 1.54) is 6.07 Å². The Morgan fingerprint density at radius 1 is 1.25 bits per heavy atom. The van der Waals surface area contributed by atoms with Gasteiger partial charge in [0.2, 0.25) is 0 Å². The minimum atomic E-state index is -2.90. The minimum absolute atomic E-state index is 0. The molecule has 2 fully saturated rings. The van der Waals surface area contributed by atoms with E-state index in [0.29, 0.717) is 24.8 Å². The van der Waals surface area contributed by atoms with Crippen LogP contribution in [-0.2, 0) is 16.4 Å². The highest BCUT2D eigenvalue weighted by atomic mass is 127.